The van der Waals surface area contributed by atoms with Crippen LogP contribution in [0.25, 0.3) is 0 Å². The highest BCUT2D eigenvalue weighted by molar-refractivity contribution is 5.95. The molecule has 0 heterocycles. The highest BCUT2D eigenvalue weighted by Crippen LogP contribution is 2.41. The lowest BCUT2D eigenvalue weighted by molar-refractivity contribution is 0.0823. The van der Waals surface area contributed by atoms with E-state index in [9.17, 15) is 4.79 Å². The molecule has 1 fully saturated rings. The first kappa shape index (κ1) is 17.3. The fourth-order valence-corrected chi connectivity index (χ4v) is 3.22. The first-order chi connectivity index (χ1) is 12.0. The van der Waals surface area contributed by atoms with Gasteiger partial charge in [0.15, 0.2) is 11.5 Å². The van der Waals surface area contributed by atoms with Gasteiger partial charge in [-0.2, -0.15) is 0 Å². The lowest BCUT2D eigenvalue weighted by atomic mass is 9.71. The van der Waals surface area contributed by atoms with Gasteiger partial charge in [-0.25, -0.2) is 0 Å². The van der Waals surface area contributed by atoms with Gasteiger partial charge in [-0.15, -0.1) is 0 Å². The Kier molecular flexibility index (Phi) is 4.98. The van der Waals surface area contributed by atoms with Crippen LogP contribution in [0, 0.1) is 0 Å². The summed E-state index contributed by atoms with van der Waals surface area (Å²) in [6.07, 6.45) is 3.10. The zero-order chi connectivity index (χ0) is 17.9. The lowest BCUT2D eigenvalue weighted by Gasteiger charge is -2.43. The van der Waals surface area contributed by atoms with Crippen LogP contribution in [0.4, 0.5) is 0 Å². The zero-order valence-electron chi connectivity index (χ0n) is 15.0. The van der Waals surface area contributed by atoms with E-state index in [2.05, 4.69) is 17.4 Å². The van der Waals surface area contributed by atoms with E-state index in [1.807, 2.05) is 32.0 Å². The van der Waals surface area contributed by atoms with Crippen LogP contribution in [-0.2, 0) is 5.54 Å². The van der Waals surface area contributed by atoms with Crippen LogP contribution in [0.2, 0.25) is 0 Å². The van der Waals surface area contributed by atoms with Crippen molar-refractivity contribution in [1.82, 2.24) is 5.32 Å². The SMILES string of the molecule is COc1cc(C(=O)NC2(c3ccccc3)CCC2)ccc1OC(C)C. The molecule has 0 spiro atoms. The smallest absolute Gasteiger partial charge is 0.252 e. The zero-order valence-corrected chi connectivity index (χ0v) is 15.0. The van der Waals surface area contributed by atoms with E-state index in [1.165, 1.54) is 5.56 Å². The third-order valence-electron chi connectivity index (χ3n) is 4.67. The van der Waals surface area contributed by atoms with Crippen LogP contribution in [0.5, 0.6) is 11.5 Å². The first-order valence-corrected chi connectivity index (χ1v) is 8.77. The Labute approximate surface area is 149 Å². The van der Waals surface area contributed by atoms with Gasteiger partial charge in [0.2, 0.25) is 0 Å². The molecule has 2 aromatic rings. The fraction of sp³-hybridized carbons (Fsp3) is 0.381. The Bertz CT molecular complexity index is 736. The minimum absolute atomic E-state index is 0.0462. The van der Waals surface area contributed by atoms with Crippen molar-refractivity contribution in [1.29, 1.82) is 0 Å². The maximum atomic E-state index is 12.8. The molecule has 4 nitrogen and oxygen atoms in total. The number of amides is 1. The van der Waals surface area contributed by atoms with Crippen LogP contribution in [-0.4, -0.2) is 19.1 Å². The molecule has 132 valence electrons. The van der Waals surface area contributed by atoms with Gasteiger partial charge < -0.3 is 14.8 Å². The fourth-order valence-electron chi connectivity index (χ4n) is 3.22. The number of ether oxygens (including phenoxy) is 2. The maximum Gasteiger partial charge on any atom is 0.252 e. The minimum Gasteiger partial charge on any atom is -0.493 e. The summed E-state index contributed by atoms with van der Waals surface area (Å²) < 4.78 is 11.1. The van der Waals surface area contributed by atoms with Gasteiger partial charge in [0.25, 0.3) is 5.91 Å². The highest BCUT2D eigenvalue weighted by Gasteiger charge is 2.40. The van der Waals surface area contributed by atoms with Crippen molar-refractivity contribution in [3.63, 3.8) is 0 Å². The monoisotopic (exact) mass is 339 g/mol. The summed E-state index contributed by atoms with van der Waals surface area (Å²) >= 11 is 0. The van der Waals surface area contributed by atoms with E-state index in [4.69, 9.17) is 9.47 Å². The number of hydrogen-bond acceptors (Lipinski definition) is 3. The summed E-state index contributed by atoms with van der Waals surface area (Å²) in [5.41, 5.74) is 1.50. The molecule has 25 heavy (non-hydrogen) atoms. The molecule has 0 aromatic heterocycles. The molecule has 3 rings (SSSR count). The van der Waals surface area contributed by atoms with Crippen LogP contribution >= 0.6 is 0 Å². The topological polar surface area (TPSA) is 47.6 Å². The summed E-state index contributed by atoms with van der Waals surface area (Å²) in [4.78, 5) is 12.8. The standard InChI is InChI=1S/C21H25NO3/c1-15(2)25-18-11-10-16(14-19(18)24-3)20(23)22-21(12-7-13-21)17-8-5-4-6-9-17/h4-6,8-11,14-15H,7,12-13H2,1-3H3,(H,22,23). The third kappa shape index (κ3) is 3.63. The summed E-state index contributed by atoms with van der Waals surface area (Å²) in [5.74, 6) is 1.14. The van der Waals surface area contributed by atoms with E-state index in [1.54, 1.807) is 25.3 Å². The molecule has 0 aliphatic heterocycles. The highest BCUT2D eigenvalue weighted by atomic mass is 16.5. The summed E-state index contributed by atoms with van der Waals surface area (Å²) in [7, 11) is 1.58. The largest absolute Gasteiger partial charge is 0.493 e. The van der Waals surface area contributed by atoms with Crippen molar-refractivity contribution in [3.05, 3.63) is 59.7 Å². The molecular weight excluding hydrogens is 314 g/mol. The van der Waals surface area contributed by atoms with Gasteiger partial charge in [-0.1, -0.05) is 30.3 Å². The van der Waals surface area contributed by atoms with Crippen molar-refractivity contribution < 1.29 is 14.3 Å². The van der Waals surface area contributed by atoms with Crippen molar-refractivity contribution in [2.75, 3.05) is 7.11 Å². The molecule has 0 bridgehead atoms. The second-order valence-electron chi connectivity index (χ2n) is 6.79. The van der Waals surface area contributed by atoms with Crippen LogP contribution in [0.15, 0.2) is 48.5 Å². The average Bonchev–Trinajstić information content (AvgIpc) is 2.58. The predicted octanol–water partition coefficient (Wildman–Crippen LogP) is 4.29. The molecular formula is C21H25NO3. The van der Waals surface area contributed by atoms with E-state index < -0.39 is 0 Å². The number of hydrogen-bond donors (Lipinski definition) is 1. The van der Waals surface area contributed by atoms with Gasteiger partial charge in [0.1, 0.15) is 0 Å². The second kappa shape index (κ2) is 7.18. The normalized spacial score (nSPS) is 15.4. The molecule has 2 aromatic carbocycles. The molecule has 1 amide bonds. The van der Waals surface area contributed by atoms with Gasteiger partial charge >= 0.3 is 0 Å². The minimum atomic E-state index is -0.251. The summed E-state index contributed by atoms with van der Waals surface area (Å²) in [6, 6.07) is 15.5. The van der Waals surface area contributed by atoms with Crippen molar-refractivity contribution in [2.45, 2.75) is 44.8 Å². The quantitative estimate of drug-likeness (QED) is 0.854. The van der Waals surface area contributed by atoms with Gasteiger partial charge in [0.05, 0.1) is 18.8 Å². The molecule has 1 N–H and O–H groups in total. The van der Waals surface area contributed by atoms with E-state index in [0.29, 0.717) is 17.1 Å². The van der Waals surface area contributed by atoms with Crippen molar-refractivity contribution >= 4 is 5.91 Å². The average molecular weight is 339 g/mol. The van der Waals surface area contributed by atoms with E-state index in [-0.39, 0.29) is 17.6 Å². The van der Waals surface area contributed by atoms with Crippen LogP contribution in [0.1, 0.15) is 49.0 Å². The summed E-state index contributed by atoms with van der Waals surface area (Å²) in [5, 5.41) is 3.24. The number of rotatable bonds is 6. The summed E-state index contributed by atoms with van der Waals surface area (Å²) in [6.45, 7) is 3.92. The van der Waals surface area contributed by atoms with Gasteiger partial charge in [-0.05, 0) is 56.9 Å². The number of nitrogens with one attached hydrogen (secondary N) is 1. The second-order valence-corrected chi connectivity index (χ2v) is 6.79. The molecule has 0 unspecified atom stereocenters. The van der Waals surface area contributed by atoms with Gasteiger partial charge in [0, 0.05) is 5.56 Å². The molecule has 1 aliphatic rings. The molecule has 1 aliphatic carbocycles. The first-order valence-electron chi connectivity index (χ1n) is 8.77. The molecule has 1 saturated carbocycles. The Morgan fingerprint density at radius 2 is 1.80 bits per heavy atom. The third-order valence-corrected chi connectivity index (χ3v) is 4.67. The van der Waals surface area contributed by atoms with Gasteiger partial charge in [-0.3, -0.25) is 4.79 Å². The molecule has 4 heteroatoms. The molecule has 0 radical (unpaired) electrons. The Hall–Kier alpha value is -2.49. The lowest BCUT2D eigenvalue weighted by Crippen LogP contribution is -2.50. The molecule has 0 atom stereocenters. The van der Waals surface area contributed by atoms with E-state index in [0.717, 1.165) is 19.3 Å². The molecule has 0 saturated heterocycles. The number of benzene rings is 2. The maximum absolute atomic E-state index is 12.8. The van der Waals surface area contributed by atoms with E-state index >= 15 is 0 Å². The van der Waals surface area contributed by atoms with Crippen molar-refractivity contribution in [3.8, 4) is 11.5 Å². The number of methoxy groups -OCH3 is 1. The Morgan fingerprint density at radius 3 is 2.36 bits per heavy atom. The Balaban J connectivity index is 1.81. The van der Waals surface area contributed by atoms with Crippen molar-refractivity contribution in [2.24, 2.45) is 0 Å². The number of carbonyl (C=O) groups is 1. The Morgan fingerprint density at radius 1 is 1.08 bits per heavy atom. The van der Waals surface area contributed by atoms with Crippen LogP contribution in [0.3, 0.4) is 0 Å². The number of carbonyl (C=O) groups excluding carboxylic acids is 1. The predicted molar refractivity (Wildman–Crippen MR) is 98.2 cm³/mol. The van der Waals surface area contributed by atoms with Crippen LogP contribution < -0.4 is 14.8 Å².